The van der Waals surface area contributed by atoms with Gasteiger partial charge in [0, 0.05) is 13.1 Å². The van der Waals surface area contributed by atoms with Crippen LogP contribution in [0.3, 0.4) is 0 Å². The van der Waals surface area contributed by atoms with E-state index in [1.54, 1.807) is 0 Å². The van der Waals surface area contributed by atoms with Crippen LogP contribution in [0.2, 0.25) is 0 Å². The summed E-state index contributed by atoms with van der Waals surface area (Å²) < 4.78 is 0. The third-order valence-corrected chi connectivity index (χ3v) is 4.15. The predicted octanol–water partition coefficient (Wildman–Crippen LogP) is 0.689. The molecule has 0 amide bonds. The lowest BCUT2D eigenvalue weighted by atomic mass is 9.93. The largest absolute Gasteiger partial charge is 0.394 e. The van der Waals surface area contributed by atoms with E-state index in [9.17, 15) is 5.11 Å². The van der Waals surface area contributed by atoms with Gasteiger partial charge in [-0.15, -0.1) is 0 Å². The molecule has 2 aliphatic rings. The summed E-state index contributed by atoms with van der Waals surface area (Å²) >= 11 is 0. The number of likely N-dealkylation sites (tertiary alicyclic amines) is 1. The number of hydrogen-bond donors (Lipinski definition) is 2. The molecule has 2 atom stereocenters. The number of rotatable bonds is 5. The number of nitrogens with zero attached hydrogens (tertiary/aromatic N) is 1. The third kappa shape index (κ3) is 2.35. The van der Waals surface area contributed by atoms with Crippen molar-refractivity contribution in [2.75, 3.05) is 33.3 Å². The van der Waals surface area contributed by atoms with Gasteiger partial charge >= 0.3 is 0 Å². The van der Waals surface area contributed by atoms with E-state index in [2.05, 4.69) is 17.1 Å². The molecule has 0 bridgehead atoms. The molecule has 3 nitrogen and oxygen atoms in total. The molecule has 1 aliphatic carbocycles. The van der Waals surface area contributed by atoms with E-state index in [1.807, 2.05) is 7.05 Å². The van der Waals surface area contributed by atoms with Crippen molar-refractivity contribution in [1.29, 1.82) is 0 Å². The summed E-state index contributed by atoms with van der Waals surface area (Å²) in [6, 6.07) is 0. The summed E-state index contributed by atoms with van der Waals surface area (Å²) in [6.07, 6.45) is 3.88. The Kier molecular flexibility index (Phi) is 3.33. The van der Waals surface area contributed by atoms with Gasteiger partial charge in [-0.3, -0.25) is 0 Å². The first kappa shape index (κ1) is 11.4. The van der Waals surface area contributed by atoms with E-state index in [0.29, 0.717) is 5.92 Å². The molecule has 0 aromatic rings. The normalized spacial score (nSPS) is 31.8. The Balaban J connectivity index is 1.93. The van der Waals surface area contributed by atoms with Gasteiger partial charge in [-0.1, -0.05) is 6.92 Å². The highest BCUT2D eigenvalue weighted by Crippen LogP contribution is 2.40. The molecule has 15 heavy (non-hydrogen) atoms. The molecule has 0 aromatic carbocycles. The van der Waals surface area contributed by atoms with Gasteiger partial charge in [0.05, 0.1) is 12.1 Å². The summed E-state index contributed by atoms with van der Waals surface area (Å²) in [5.41, 5.74) is -0.0237. The minimum Gasteiger partial charge on any atom is -0.394 e. The van der Waals surface area contributed by atoms with Crippen LogP contribution in [0.1, 0.15) is 26.2 Å². The van der Waals surface area contributed by atoms with Crippen LogP contribution in [0, 0.1) is 11.8 Å². The molecule has 2 rings (SSSR count). The molecule has 2 unspecified atom stereocenters. The van der Waals surface area contributed by atoms with Crippen LogP contribution in [-0.2, 0) is 0 Å². The molecule has 0 radical (unpaired) electrons. The Morgan fingerprint density at radius 1 is 1.40 bits per heavy atom. The fraction of sp³-hybridized carbons (Fsp3) is 1.00. The highest BCUT2D eigenvalue weighted by Gasteiger charge is 2.45. The molecule has 1 aliphatic heterocycles. The standard InChI is InChI=1S/C12H24N2O/c1-10-5-6-14(7-10)8-12(9-15,13-2)11-3-4-11/h10-11,13,15H,3-9H2,1-2H3. The van der Waals surface area contributed by atoms with E-state index in [4.69, 9.17) is 0 Å². The summed E-state index contributed by atoms with van der Waals surface area (Å²) in [5, 5.41) is 13.0. The smallest absolute Gasteiger partial charge is 0.0628 e. The quantitative estimate of drug-likeness (QED) is 0.704. The molecule has 2 fully saturated rings. The Morgan fingerprint density at radius 3 is 2.53 bits per heavy atom. The SMILES string of the molecule is CNC(CO)(CN1CCC(C)C1)C1CC1. The van der Waals surface area contributed by atoms with E-state index in [-0.39, 0.29) is 12.1 Å². The minimum atomic E-state index is -0.0237. The van der Waals surface area contributed by atoms with Gasteiger partial charge in [0.1, 0.15) is 0 Å². The molecule has 1 saturated heterocycles. The molecule has 2 N–H and O–H groups in total. The lowest BCUT2D eigenvalue weighted by Gasteiger charge is -2.36. The van der Waals surface area contributed by atoms with Crippen molar-refractivity contribution in [2.45, 2.75) is 31.7 Å². The molecule has 0 aromatic heterocycles. The van der Waals surface area contributed by atoms with Gasteiger partial charge in [-0.05, 0) is 44.7 Å². The number of likely N-dealkylation sites (N-methyl/N-ethyl adjacent to an activating group) is 1. The first-order valence-corrected chi connectivity index (χ1v) is 6.22. The summed E-state index contributed by atoms with van der Waals surface area (Å²) in [7, 11) is 1.99. The zero-order chi connectivity index (χ0) is 10.9. The minimum absolute atomic E-state index is 0.0237. The lowest BCUT2D eigenvalue weighted by Crippen LogP contribution is -2.56. The van der Waals surface area contributed by atoms with Crippen LogP contribution in [-0.4, -0.2) is 48.8 Å². The van der Waals surface area contributed by atoms with Crippen LogP contribution in [0.25, 0.3) is 0 Å². The van der Waals surface area contributed by atoms with Gasteiger partial charge in [-0.25, -0.2) is 0 Å². The topological polar surface area (TPSA) is 35.5 Å². The second-order valence-electron chi connectivity index (χ2n) is 5.47. The van der Waals surface area contributed by atoms with Gasteiger partial charge in [0.15, 0.2) is 0 Å². The second-order valence-corrected chi connectivity index (χ2v) is 5.47. The number of aliphatic hydroxyl groups is 1. The van der Waals surface area contributed by atoms with Gasteiger partial charge in [-0.2, -0.15) is 0 Å². The summed E-state index contributed by atoms with van der Waals surface area (Å²) in [5.74, 6) is 1.53. The molecule has 88 valence electrons. The average Bonchev–Trinajstić information content (AvgIpc) is 3.01. The molecule has 3 heteroatoms. The van der Waals surface area contributed by atoms with Crippen molar-refractivity contribution in [3.63, 3.8) is 0 Å². The third-order valence-electron chi connectivity index (χ3n) is 4.15. The monoisotopic (exact) mass is 212 g/mol. The first-order valence-electron chi connectivity index (χ1n) is 6.22. The predicted molar refractivity (Wildman–Crippen MR) is 61.8 cm³/mol. The fourth-order valence-corrected chi connectivity index (χ4v) is 2.88. The van der Waals surface area contributed by atoms with Crippen molar-refractivity contribution in [2.24, 2.45) is 11.8 Å². The Bertz CT molecular complexity index is 212. The van der Waals surface area contributed by atoms with Gasteiger partial charge in [0.25, 0.3) is 0 Å². The number of aliphatic hydroxyl groups excluding tert-OH is 1. The highest BCUT2D eigenvalue weighted by molar-refractivity contribution is 5.02. The Morgan fingerprint density at radius 2 is 2.13 bits per heavy atom. The average molecular weight is 212 g/mol. The van der Waals surface area contributed by atoms with Gasteiger partial charge < -0.3 is 15.3 Å². The highest BCUT2D eigenvalue weighted by atomic mass is 16.3. The lowest BCUT2D eigenvalue weighted by molar-refractivity contribution is 0.106. The van der Waals surface area contributed by atoms with Crippen LogP contribution in [0.15, 0.2) is 0 Å². The maximum Gasteiger partial charge on any atom is 0.0628 e. The van der Waals surface area contributed by atoms with Crippen molar-refractivity contribution >= 4 is 0 Å². The van der Waals surface area contributed by atoms with Crippen molar-refractivity contribution in [1.82, 2.24) is 10.2 Å². The van der Waals surface area contributed by atoms with Crippen LogP contribution in [0.4, 0.5) is 0 Å². The van der Waals surface area contributed by atoms with Crippen molar-refractivity contribution in [3.8, 4) is 0 Å². The number of hydrogen-bond acceptors (Lipinski definition) is 3. The maximum absolute atomic E-state index is 9.62. The molecular formula is C12H24N2O. The van der Waals surface area contributed by atoms with E-state index < -0.39 is 0 Å². The Labute approximate surface area is 92.8 Å². The fourth-order valence-electron chi connectivity index (χ4n) is 2.88. The summed E-state index contributed by atoms with van der Waals surface area (Å²) in [6.45, 7) is 6.03. The van der Waals surface area contributed by atoms with Gasteiger partial charge in [0.2, 0.25) is 0 Å². The second kappa shape index (κ2) is 4.40. The van der Waals surface area contributed by atoms with Crippen molar-refractivity contribution in [3.05, 3.63) is 0 Å². The maximum atomic E-state index is 9.62. The zero-order valence-corrected chi connectivity index (χ0v) is 10.00. The molecule has 0 spiro atoms. The van der Waals surface area contributed by atoms with E-state index >= 15 is 0 Å². The first-order chi connectivity index (χ1) is 7.20. The number of nitrogens with one attached hydrogen (secondary N) is 1. The van der Waals surface area contributed by atoms with E-state index in [1.165, 1.54) is 32.4 Å². The van der Waals surface area contributed by atoms with Crippen molar-refractivity contribution < 1.29 is 5.11 Å². The molecule has 1 heterocycles. The Hall–Kier alpha value is -0.120. The molecular weight excluding hydrogens is 188 g/mol. The van der Waals surface area contributed by atoms with Crippen LogP contribution >= 0.6 is 0 Å². The summed E-state index contributed by atoms with van der Waals surface area (Å²) in [4.78, 5) is 2.51. The van der Waals surface area contributed by atoms with E-state index in [0.717, 1.165) is 12.5 Å². The van der Waals surface area contributed by atoms with Crippen LogP contribution in [0.5, 0.6) is 0 Å². The zero-order valence-electron chi connectivity index (χ0n) is 10.00. The van der Waals surface area contributed by atoms with Crippen LogP contribution < -0.4 is 5.32 Å². The molecule has 1 saturated carbocycles.